The number of nitrogens with zero attached hydrogens (tertiary/aromatic N) is 1. The number of benzene rings is 1. The fraction of sp³-hybridized carbons (Fsp3) is 0.533. The third kappa shape index (κ3) is 4.42. The molecule has 0 aliphatic rings. The van der Waals surface area contributed by atoms with E-state index in [0.29, 0.717) is 18.7 Å². The first-order chi connectivity index (χ1) is 9.25. The van der Waals surface area contributed by atoms with Crippen LogP contribution in [0.1, 0.15) is 38.9 Å². The number of carbonyl (C=O) groups excluding carboxylic acids is 1. The second kappa shape index (κ2) is 6.61. The van der Waals surface area contributed by atoms with Crippen molar-refractivity contribution in [2.45, 2.75) is 38.8 Å². The normalized spacial score (nSPS) is 12.8. The van der Waals surface area contributed by atoms with E-state index in [1.165, 1.54) is 7.11 Å². The zero-order chi connectivity index (χ0) is 15.3. The molecule has 3 N–H and O–H groups in total. The molecule has 1 atom stereocenters. The average Bonchev–Trinajstić information content (AvgIpc) is 2.36. The predicted octanol–water partition coefficient (Wildman–Crippen LogP) is 2.56. The van der Waals surface area contributed by atoms with Crippen LogP contribution in [0.5, 0.6) is 0 Å². The lowest BCUT2D eigenvalue weighted by atomic mass is 10.0. The SMILES string of the molecule is COC(=O)N(CCC(O)c1cccc(N)c1)C(C)(C)C. The van der Waals surface area contributed by atoms with Crippen LogP contribution in [-0.2, 0) is 4.74 Å². The standard InChI is InChI=1S/C15H24N2O3/c1-15(2,3)17(14(19)20-4)9-8-13(18)11-6-5-7-12(16)10-11/h5-7,10,13,18H,8-9,16H2,1-4H3. The molecule has 1 aromatic carbocycles. The molecule has 0 aromatic heterocycles. The minimum Gasteiger partial charge on any atom is -0.453 e. The number of nitrogens with two attached hydrogens (primary N) is 1. The summed E-state index contributed by atoms with van der Waals surface area (Å²) in [6.07, 6.45) is -0.624. The molecule has 20 heavy (non-hydrogen) atoms. The Labute approximate surface area is 120 Å². The molecule has 1 unspecified atom stereocenters. The van der Waals surface area contributed by atoms with Gasteiger partial charge in [0.25, 0.3) is 0 Å². The number of nitrogen functional groups attached to an aromatic ring is 1. The van der Waals surface area contributed by atoms with Gasteiger partial charge in [0.1, 0.15) is 0 Å². The molecule has 0 aliphatic heterocycles. The molecule has 0 spiro atoms. The first kappa shape index (κ1) is 16.3. The highest BCUT2D eigenvalue weighted by molar-refractivity contribution is 5.68. The van der Waals surface area contributed by atoms with E-state index in [2.05, 4.69) is 0 Å². The Kier molecular flexibility index (Phi) is 5.39. The van der Waals surface area contributed by atoms with Crippen molar-refractivity contribution < 1.29 is 14.6 Å². The van der Waals surface area contributed by atoms with Gasteiger partial charge in [-0.05, 0) is 44.9 Å². The van der Waals surface area contributed by atoms with Crippen LogP contribution < -0.4 is 5.73 Å². The van der Waals surface area contributed by atoms with E-state index in [-0.39, 0.29) is 5.54 Å². The number of carbonyl (C=O) groups is 1. The van der Waals surface area contributed by atoms with Crippen molar-refractivity contribution in [2.75, 3.05) is 19.4 Å². The summed E-state index contributed by atoms with van der Waals surface area (Å²) in [5, 5.41) is 10.2. The molecule has 0 aliphatic carbocycles. The average molecular weight is 280 g/mol. The van der Waals surface area contributed by atoms with Gasteiger partial charge >= 0.3 is 6.09 Å². The lowest BCUT2D eigenvalue weighted by Crippen LogP contribution is -2.46. The summed E-state index contributed by atoms with van der Waals surface area (Å²) < 4.78 is 4.78. The molecular formula is C15H24N2O3. The maximum absolute atomic E-state index is 11.8. The Hall–Kier alpha value is -1.75. The van der Waals surface area contributed by atoms with Gasteiger partial charge in [-0.15, -0.1) is 0 Å². The molecule has 1 rings (SSSR count). The number of hydrogen-bond donors (Lipinski definition) is 2. The summed E-state index contributed by atoms with van der Waals surface area (Å²) in [7, 11) is 1.36. The molecule has 0 fully saturated rings. The van der Waals surface area contributed by atoms with Crippen LogP contribution in [0.2, 0.25) is 0 Å². The summed E-state index contributed by atoms with van der Waals surface area (Å²) in [6.45, 7) is 6.19. The third-order valence-electron chi connectivity index (χ3n) is 3.13. The number of anilines is 1. The molecule has 5 heteroatoms. The van der Waals surface area contributed by atoms with Crippen molar-refractivity contribution in [3.8, 4) is 0 Å². The van der Waals surface area contributed by atoms with E-state index >= 15 is 0 Å². The topological polar surface area (TPSA) is 75.8 Å². The zero-order valence-electron chi connectivity index (χ0n) is 12.6. The van der Waals surface area contributed by atoms with Gasteiger partial charge < -0.3 is 20.5 Å². The van der Waals surface area contributed by atoms with Gasteiger partial charge in [-0.3, -0.25) is 0 Å². The van der Waals surface area contributed by atoms with Crippen molar-refractivity contribution in [1.82, 2.24) is 4.90 Å². The zero-order valence-corrected chi connectivity index (χ0v) is 12.6. The summed E-state index contributed by atoms with van der Waals surface area (Å²) >= 11 is 0. The van der Waals surface area contributed by atoms with Gasteiger partial charge in [-0.2, -0.15) is 0 Å². The fourth-order valence-corrected chi connectivity index (χ4v) is 2.00. The second-order valence-corrected chi connectivity index (χ2v) is 5.77. The molecule has 112 valence electrons. The van der Waals surface area contributed by atoms with Gasteiger partial charge in [0.2, 0.25) is 0 Å². The minimum atomic E-state index is -0.659. The van der Waals surface area contributed by atoms with E-state index in [4.69, 9.17) is 10.5 Å². The highest BCUT2D eigenvalue weighted by Gasteiger charge is 2.27. The van der Waals surface area contributed by atoms with Gasteiger partial charge in [0.15, 0.2) is 0 Å². The Bertz CT molecular complexity index is 455. The Morgan fingerprint density at radius 3 is 2.60 bits per heavy atom. The van der Waals surface area contributed by atoms with Crippen LogP contribution in [0, 0.1) is 0 Å². The number of hydrogen-bond acceptors (Lipinski definition) is 4. The van der Waals surface area contributed by atoms with Crippen LogP contribution in [0.3, 0.4) is 0 Å². The molecule has 1 aromatic rings. The van der Waals surface area contributed by atoms with E-state index in [1.54, 1.807) is 23.1 Å². The van der Waals surface area contributed by atoms with Gasteiger partial charge in [0, 0.05) is 17.8 Å². The summed E-state index contributed by atoms with van der Waals surface area (Å²) in [5.41, 5.74) is 6.70. The highest BCUT2D eigenvalue weighted by atomic mass is 16.5. The molecule has 0 radical (unpaired) electrons. The fourth-order valence-electron chi connectivity index (χ4n) is 2.00. The second-order valence-electron chi connectivity index (χ2n) is 5.77. The van der Waals surface area contributed by atoms with Crippen LogP contribution in [0.25, 0.3) is 0 Å². The van der Waals surface area contributed by atoms with E-state index in [1.807, 2.05) is 26.8 Å². The Morgan fingerprint density at radius 1 is 1.45 bits per heavy atom. The predicted molar refractivity (Wildman–Crippen MR) is 79.3 cm³/mol. The first-order valence-electron chi connectivity index (χ1n) is 6.65. The maximum atomic E-state index is 11.8. The van der Waals surface area contributed by atoms with E-state index in [9.17, 15) is 9.90 Å². The molecular weight excluding hydrogens is 256 g/mol. The van der Waals surface area contributed by atoms with Gasteiger partial charge in [-0.25, -0.2) is 4.79 Å². The highest BCUT2D eigenvalue weighted by Crippen LogP contribution is 2.22. The van der Waals surface area contributed by atoms with Crippen LogP contribution in [0.15, 0.2) is 24.3 Å². The Balaban J connectivity index is 2.70. The number of methoxy groups -OCH3 is 1. The maximum Gasteiger partial charge on any atom is 0.409 e. The quantitative estimate of drug-likeness (QED) is 0.831. The smallest absolute Gasteiger partial charge is 0.409 e. The van der Waals surface area contributed by atoms with Crippen molar-refractivity contribution in [3.05, 3.63) is 29.8 Å². The number of rotatable bonds is 4. The van der Waals surface area contributed by atoms with Gasteiger partial charge in [-0.1, -0.05) is 12.1 Å². The van der Waals surface area contributed by atoms with Crippen molar-refractivity contribution in [2.24, 2.45) is 0 Å². The molecule has 0 saturated carbocycles. The van der Waals surface area contributed by atoms with Crippen LogP contribution in [0.4, 0.5) is 10.5 Å². The monoisotopic (exact) mass is 280 g/mol. The molecule has 0 heterocycles. The summed E-state index contributed by atoms with van der Waals surface area (Å²) in [5.74, 6) is 0. The number of aliphatic hydroxyl groups excluding tert-OH is 1. The Morgan fingerprint density at radius 2 is 2.10 bits per heavy atom. The summed E-state index contributed by atoms with van der Waals surface area (Å²) in [4.78, 5) is 13.4. The lowest BCUT2D eigenvalue weighted by molar-refractivity contribution is 0.0696. The third-order valence-corrected chi connectivity index (χ3v) is 3.13. The minimum absolute atomic E-state index is 0.359. The molecule has 0 bridgehead atoms. The van der Waals surface area contributed by atoms with Crippen molar-refractivity contribution >= 4 is 11.8 Å². The lowest BCUT2D eigenvalue weighted by Gasteiger charge is -2.34. The van der Waals surface area contributed by atoms with Crippen molar-refractivity contribution in [1.29, 1.82) is 0 Å². The number of amides is 1. The molecule has 5 nitrogen and oxygen atoms in total. The largest absolute Gasteiger partial charge is 0.453 e. The van der Waals surface area contributed by atoms with Crippen LogP contribution >= 0.6 is 0 Å². The number of ether oxygens (including phenoxy) is 1. The molecule has 0 saturated heterocycles. The number of aliphatic hydroxyl groups is 1. The molecule has 1 amide bonds. The van der Waals surface area contributed by atoms with E-state index < -0.39 is 12.2 Å². The first-order valence-corrected chi connectivity index (χ1v) is 6.65. The van der Waals surface area contributed by atoms with E-state index in [0.717, 1.165) is 5.56 Å². The van der Waals surface area contributed by atoms with Gasteiger partial charge in [0.05, 0.1) is 13.2 Å². The summed E-state index contributed by atoms with van der Waals surface area (Å²) in [6, 6.07) is 7.13. The van der Waals surface area contributed by atoms with Crippen molar-refractivity contribution in [3.63, 3.8) is 0 Å². The van der Waals surface area contributed by atoms with Crippen LogP contribution in [-0.4, -0.2) is 35.3 Å².